The summed E-state index contributed by atoms with van der Waals surface area (Å²) in [6, 6.07) is 13.4. The van der Waals surface area contributed by atoms with Crippen LogP contribution < -0.4 is 4.90 Å². The molecule has 6 rings (SSSR count). The van der Waals surface area contributed by atoms with E-state index < -0.39 is 27.4 Å². The van der Waals surface area contributed by atoms with Crippen molar-refractivity contribution in [3.63, 3.8) is 0 Å². The van der Waals surface area contributed by atoms with Crippen molar-refractivity contribution in [3.8, 4) is 0 Å². The number of benzene rings is 2. The van der Waals surface area contributed by atoms with Gasteiger partial charge in [0.2, 0.25) is 5.91 Å². The molecule has 4 aliphatic rings. The monoisotopic (exact) mass is 574 g/mol. The molecule has 1 N–H and O–H groups in total. The van der Waals surface area contributed by atoms with Gasteiger partial charge in [-0.15, -0.1) is 11.8 Å². The standard InChI is InChI=1S/C33H38N2O5S/c1-32-16-7-4-10-21-40-31(39)27(32)26-29(37)35(18-8-2-3-9-20-36)28-30(38)34(19-11-17-33(26,28)41-32)25-15-14-23-12-5-6-13-24(23)22-25/h5-7,11-17,22,26-28,36H,2-4,8-10,18-21H2,1H3/b16-7-/t26-,27-,28?,32+,33-/m0/s1. The molecule has 5 atom stereocenters. The average Bonchev–Trinajstić information content (AvgIpc) is 3.31. The molecule has 4 heterocycles. The number of likely N-dealkylation sites (tertiary alicyclic amines) is 1. The van der Waals surface area contributed by atoms with Crippen molar-refractivity contribution in [2.24, 2.45) is 11.8 Å². The number of carbonyl (C=O) groups is 3. The van der Waals surface area contributed by atoms with Crippen LogP contribution in [-0.2, 0) is 19.1 Å². The lowest BCUT2D eigenvalue weighted by atomic mass is 9.74. The molecule has 4 aliphatic heterocycles. The molecule has 0 aliphatic carbocycles. The Morgan fingerprint density at radius 2 is 1.76 bits per heavy atom. The molecule has 0 radical (unpaired) electrons. The number of aliphatic hydroxyl groups excluding tert-OH is 1. The Balaban J connectivity index is 1.42. The van der Waals surface area contributed by atoms with Crippen LogP contribution in [0.4, 0.5) is 5.69 Å². The first-order valence-corrected chi connectivity index (χ1v) is 15.6. The number of esters is 1. The molecule has 2 fully saturated rings. The van der Waals surface area contributed by atoms with Crippen LogP contribution in [-0.4, -0.2) is 69.6 Å². The van der Waals surface area contributed by atoms with Gasteiger partial charge in [-0.05, 0) is 55.5 Å². The second kappa shape index (κ2) is 11.3. The molecule has 0 saturated carbocycles. The fraction of sp³-hybridized carbons (Fsp3) is 0.485. The average molecular weight is 575 g/mol. The smallest absolute Gasteiger partial charge is 0.311 e. The second-order valence-corrected chi connectivity index (χ2v) is 13.6. The van der Waals surface area contributed by atoms with Gasteiger partial charge in [-0.1, -0.05) is 67.5 Å². The molecule has 0 aromatic heterocycles. The number of rotatable bonds is 7. The molecule has 216 valence electrons. The number of allylic oxidation sites excluding steroid dienone is 1. The Morgan fingerprint density at radius 1 is 0.951 bits per heavy atom. The highest BCUT2D eigenvalue weighted by Gasteiger charge is 2.73. The summed E-state index contributed by atoms with van der Waals surface area (Å²) >= 11 is 1.59. The van der Waals surface area contributed by atoms with E-state index in [-0.39, 0.29) is 24.4 Å². The van der Waals surface area contributed by atoms with Gasteiger partial charge in [0.05, 0.1) is 23.2 Å². The Bertz CT molecular complexity index is 1410. The van der Waals surface area contributed by atoms with Gasteiger partial charge in [0, 0.05) is 30.1 Å². The number of thioether (sulfide) groups is 1. The lowest BCUT2D eigenvalue weighted by Crippen LogP contribution is -2.53. The van der Waals surface area contributed by atoms with Crippen molar-refractivity contribution in [1.29, 1.82) is 0 Å². The molecule has 1 spiro atoms. The third kappa shape index (κ3) is 4.79. The van der Waals surface area contributed by atoms with Gasteiger partial charge < -0.3 is 19.6 Å². The molecule has 2 aromatic rings. The van der Waals surface area contributed by atoms with Gasteiger partial charge in [0.25, 0.3) is 5.91 Å². The van der Waals surface area contributed by atoms with Gasteiger partial charge in [-0.25, -0.2) is 0 Å². The maximum absolute atomic E-state index is 14.7. The Labute approximate surface area is 245 Å². The SMILES string of the molecule is C[C@@]12/C=C\CCCOC(=O)[C@@H]1[C@H]1C(=O)N(CCCCCCO)C3C(=O)N(c4ccc5ccccc5c4)CC=C[C@@]31S2. The van der Waals surface area contributed by atoms with E-state index in [0.29, 0.717) is 19.7 Å². The quantitative estimate of drug-likeness (QED) is 0.288. The minimum absolute atomic E-state index is 0.114. The number of ether oxygens (including phenoxy) is 1. The lowest BCUT2D eigenvalue weighted by Gasteiger charge is -2.37. The van der Waals surface area contributed by atoms with Crippen LogP contribution in [0.25, 0.3) is 10.8 Å². The molecule has 41 heavy (non-hydrogen) atoms. The summed E-state index contributed by atoms with van der Waals surface area (Å²) < 4.78 is 4.17. The zero-order valence-corrected chi connectivity index (χ0v) is 24.4. The van der Waals surface area contributed by atoms with E-state index in [1.807, 2.05) is 49.4 Å². The van der Waals surface area contributed by atoms with Crippen molar-refractivity contribution < 1.29 is 24.2 Å². The number of aliphatic hydroxyl groups is 1. The predicted octanol–water partition coefficient (Wildman–Crippen LogP) is 4.88. The van der Waals surface area contributed by atoms with Crippen LogP contribution in [0.5, 0.6) is 0 Å². The number of unbranched alkanes of at least 4 members (excludes halogenated alkanes) is 3. The predicted molar refractivity (Wildman–Crippen MR) is 162 cm³/mol. The Morgan fingerprint density at radius 3 is 2.59 bits per heavy atom. The summed E-state index contributed by atoms with van der Waals surface area (Å²) in [5.74, 6) is -1.97. The highest BCUT2D eigenvalue weighted by Crippen LogP contribution is 2.65. The first-order chi connectivity index (χ1) is 19.9. The summed E-state index contributed by atoms with van der Waals surface area (Å²) in [5.41, 5.74) is 0.796. The van der Waals surface area contributed by atoms with E-state index >= 15 is 0 Å². The largest absolute Gasteiger partial charge is 0.465 e. The van der Waals surface area contributed by atoms with Crippen LogP contribution in [0, 0.1) is 11.8 Å². The van der Waals surface area contributed by atoms with Crippen LogP contribution in [0.1, 0.15) is 45.4 Å². The van der Waals surface area contributed by atoms with Gasteiger partial charge in [0.1, 0.15) is 6.04 Å². The zero-order chi connectivity index (χ0) is 28.6. The highest BCUT2D eigenvalue weighted by atomic mass is 32.2. The normalized spacial score (nSPS) is 32.0. The summed E-state index contributed by atoms with van der Waals surface area (Å²) in [6.07, 6.45) is 13.0. The van der Waals surface area contributed by atoms with Crippen molar-refractivity contribution in [1.82, 2.24) is 4.90 Å². The molecular weight excluding hydrogens is 536 g/mol. The van der Waals surface area contributed by atoms with E-state index in [9.17, 15) is 19.5 Å². The lowest BCUT2D eigenvalue weighted by molar-refractivity contribution is -0.154. The van der Waals surface area contributed by atoms with E-state index in [2.05, 4.69) is 24.3 Å². The van der Waals surface area contributed by atoms with Crippen molar-refractivity contribution in [2.45, 2.75) is 61.0 Å². The molecule has 8 heteroatoms. The first-order valence-electron chi connectivity index (χ1n) is 14.8. The number of hydrogen-bond donors (Lipinski definition) is 1. The van der Waals surface area contributed by atoms with Crippen molar-refractivity contribution in [3.05, 3.63) is 66.8 Å². The fourth-order valence-electron chi connectivity index (χ4n) is 7.20. The van der Waals surface area contributed by atoms with E-state index in [1.165, 1.54) is 0 Å². The second-order valence-electron chi connectivity index (χ2n) is 11.8. The van der Waals surface area contributed by atoms with E-state index in [4.69, 9.17) is 4.74 Å². The van der Waals surface area contributed by atoms with Crippen molar-refractivity contribution in [2.75, 3.05) is 31.2 Å². The number of cyclic esters (lactones) is 1. The number of carbonyl (C=O) groups excluding carboxylic acids is 3. The summed E-state index contributed by atoms with van der Waals surface area (Å²) in [6.45, 7) is 3.33. The molecule has 0 bridgehead atoms. The third-order valence-electron chi connectivity index (χ3n) is 9.10. The maximum Gasteiger partial charge on any atom is 0.311 e. The van der Waals surface area contributed by atoms with Gasteiger partial charge in [0.15, 0.2) is 0 Å². The first kappa shape index (κ1) is 28.0. The van der Waals surface area contributed by atoms with Crippen LogP contribution in [0.2, 0.25) is 0 Å². The molecule has 2 amide bonds. The van der Waals surface area contributed by atoms with Gasteiger partial charge in [-0.3, -0.25) is 14.4 Å². The molecule has 7 nitrogen and oxygen atoms in total. The van der Waals surface area contributed by atoms with Gasteiger partial charge >= 0.3 is 5.97 Å². The minimum atomic E-state index is -0.882. The van der Waals surface area contributed by atoms with Gasteiger partial charge in [-0.2, -0.15) is 0 Å². The highest BCUT2D eigenvalue weighted by molar-refractivity contribution is 8.02. The third-order valence-corrected chi connectivity index (χ3v) is 10.9. The number of nitrogens with zero attached hydrogens (tertiary/aromatic N) is 2. The topological polar surface area (TPSA) is 87.1 Å². The minimum Gasteiger partial charge on any atom is -0.465 e. The molecule has 2 saturated heterocycles. The van der Waals surface area contributed by atoms with E-state index in [1.54, 1.807) is 21.6 Å². The Hall–Kier alpha value is -3.10. The fourth-order valence-corrected chi connectivity index (χ4v) is 9.35. The van der Waals surface area contributed by atoms with E-state index in [0.717, 1.165) is 55.0 Å². The summed E-state index contributed by atoms with van der Waals surface area (Å²) in [7, 11) is 0. The maximum atomic E-state index is 14.7. The van der Waals surface area contributed by atoms with Crippen molar-refractivity contribution >= 4 is 46.0 Å². The Kier molecular flexibility index (Phi) is 7.72. The number of fused-ring (bicyclic) bond motifs is 3. The molecular formula is C33H38N2O5S. The van der Waals surface area contributed by atoms with Crippen LogP contribution >= 0.6 is 11.8 Å². The zero-order valence-electron chi connectivity index (χ0n) is 23.5. The van der Waals surface area contributed by atoms with Crippen LogP contribution in [0.15, 0.2) is 66.8 Å². The summed E-state index contributed by atoms with van der Waals surface area (Å²) in [4.78, 5) is 46.2. The van der Waals surface area contributed by atoms with Crippen LogP contribution in [0.3, 0.4) is 0 Å². The number of hydrogen-bond acceptors (Lipinski definition) is 6. The number of amides is 2. The molecule has 1 unspecified atom stereocenters. The number of anilines is 1. The molecule has 2 aromatic carbocycles. The summed E-state index contributed by atoms with van der Waals surface area (Å²) in [5, 5.41) is 11.3.